The average molecular weight is 295 g/mol. The van der Waals surface area contributed by atoms with Crippen LogP contribution in [0, 0.1) is 0 Å². The molecule has 0 spiro atoms. The molecule has 0 radical (unpaired) electrons. The molecule has 0 unspecified atom stereocenters. The van der Waals surface area contributed by atoms with Gasteiger partial charge in [0.2, 0.25) is 0 Å². The predicted molar refractivity (Wildman–Crippen MR) is 64.7 cm³/mol. The van der Waals surface area contributed by atoms with Gasteiger partial charge in [-0.3, -0.25) is 0 Å². The Morgan fingerprint density at radius 2 is 1.89 bits per heavy atom. The molecule has 0 saturated heterocycles. The number of fused-ring (bicyclic) bond motifs is 1. The summed E-state index contributed by atoms with van der Waals surface area (Å²) in [6, 6.07) is 3.88. The lowest BCUT2D eigenvalue weighted by molar-refractivity contribution is -0.149. The van der Waals surface area contributed by atoms with E-state index >= 15 is 0 Å². The van der Waals surface area contributed by atoms with Crippen molar-refractivity contribution in [3.63, 3.8) is 0 Å². The molecule has 0 aliphatic carbocycles. The molecule has 0 amide bonds. The number of halogens is 5. The number of para-hydroxylation sites is 1. The van der Waals surface area contributed by atoms with Gasteiger partial charge < -0.3 is 5.73 Å². The van der Waals surface area contributed by atoms with E-state index in [9.17, 15) is 13.2 Å². The van der Waals surface area contributed by atoms with Crippen molar-refractivity contribution in [2.75, 3.05) is 0 Å². The molecule has 2 nitrogen and oxygen atoms in total. The normalized spacial score (nSPS) is 13.9. The number of rotatable bonds is 1. The number of hydrogen-bond acceptors (Lipinski definition) is 2. The minimum Gasteiger partial charge on any atom is -0.316 e. The monoisotopic (exact) mass is 294 g/mol. The Kier molecular flexibility index (Phi) is 3.40. The van der Waals surface area contributed by atoms with Crippen molar-refractivity contribution in [2.24, 2.45) is 5.73 Å². The van der Waals surface area contributed by atoms with Crippen LogP contribution in [0.25, 0.3) is 10.9 Å². The van der Waals surface area contributed by atoms with Crippen molar-refractivity contribution in [3.05, 3.63) is 40.0 Å². The van der Waals surface area contributed by atoms with Gasteiger partial charge in [0.25, 0.3) is 0 Å². The summed E-state index contributed by atoms with van der Waals surface area (Å²) in [6.07, 6.45) is -4.57. The zero-order valence-electron chi connectivity index (χ0n) is 8.80. The molecular formula is C11H7Cl2F3N2. The Morgan fingerprint density at radius 3 is 2.50 bits per heavy atom. The van der Waals surface area contributed by atoms with E-state index in [0.29, 0.717) is 15.9 Å². The summed E-state index contributed by atoms with van der Waals surface area (Å²) in [7, 11) is 0. The summed E-state index contributed by atoms with van der Waals surface area (Å²) in [6.45, 7) is 0. The predicted octanol–water partition coefficient (Wildman–Crippen LogP) is 4.10. The Morgan fingerprint density at radius 1 is 1.22 bits per heavy atom. The van der Waals surface area contributed by atoms with Crippen LogP contribution in [0.1, 0.15) is 11.6 Å². The van der Waals surface area contributed by atoms with Crippen LogP contribution >= 0.6 is 23.2 Å². The topological polar surface area (TPSA) is 38.9 Å². The average Bonchev–Trinajstić information content (AvgIpc) is 2.27. The number of aromatic nitrogens is 1. The van der Waals surface area contributed by atoms with Gasteiger partial charge in [-0.1, -0.05) is 35.3 Å². The summed E-state index contributed by atoms with van der Waals surface area (Å²) in [4.78, 5) is 3.86. The third-order valence-electron chi connectivity index (χ3n) is 2.46. The first-order valence-corrected chi connectivity index (χ1v) is 5.63. The van der Waals surface area contributed by atoms with Crippen LogP contribution < -0.4 is 5.73 Å². The first kappa shape index (κ1) is 13.4. The zero-order valence-corrected chi connectivity index (χ0v) is 10.3. The van der Waals surface area contributed by atoms with Crippen LogP contribution in [-0.4, -0.2) is 11.2 Å². The van der Waals surface area contributed by atoms with Crippen molar-refractivity contribution >= 4 is 34.1 Å². The molecule has 1 aromatic carbocycles. The quantitative estimate of drug-likeness (QED) is 0.804. The Hall–Kier alpha value is -1.04. The molecule has 0 saturated carbocycles. The lowest BCUT2D eigenvalue weighted by atomic mass is 10.1. The maximum absolute atomic E-state index is 12.6. The highest BCUT2D eigenvalue weighted by Gasteiger charge is 2.39. The highest BCUT2D eigenvalue weighted by Crippen LogP contribution is 2.35. The SMILES string of the molecule is N[C@H](c1cc2cccc(Cl)c2nc1Cl)C(F)(F)F. The molecule has 0 aliphatic heterocycles. The smallest absolute Gasteiger partial charge is 0.316 e. The summed E-state index contributed by atoms with van der Waals surface area (Å²) in [5.41, 5.74) is 5.20. The number of benzene rings is 1. The van der Waals surface area contributed by atoms with E-state index in [-0.39, 0.29) is 10.7 Å². The number of pyridine rings is 1. The van der Waals surface area contributed by atoms with Crippen LogP contribution in [0.15, 0.2) is 24.3 Å². The molecule has 2 aromatic rings. The van der Waals surface area contributed by atoms with E-state index in [1.165, 1.54) is 6.07 Å². The summed E-state index contributed by atoms with van der Waals surface area (Å²) in [5.74, 6) is 0. The van der Waals surface area contributed by atoms with E-state index < -0.39 is 12.2 Å². The number of alkyl halides is 3. The lowest BCUT2D eigenvalue weighted by Crippen LogP contribution is -2.28. The summed E-state index contributed by atoms with van der Waals surface area (Å²) in [5, 5.41) is 0.489. The third kappa shape index (κ3) is 2.39. The minimum atomic E-state index is -4.57. The van der Waals surface area contributed by atoms with Crippen LogP contribution in [0.5, 0.6) is 0 Å². The molecule has 18 heavy (non-hydrogen) atoms. The zero-order chi connectivity index (χ0) is 13.5. The third-order valence-corrected chi connectivity index (χ3v) is 3.07. The molecule has 96 valence electrons. The number of nitrogens with zero attached hydrogens (tertiary/aromatic N) is 1. The summed E-state index contributed by atoms with van der Waals surface area (Å²) >= 11 is 11.6. The molecule has 2 N–H and O–H groups in total. The Labute approximate surface area is 111 Å². The fraction of sp³-hybridized carbons (Fsp3) is 0.182. The molecule has 0 bridgehead atoms. The van der Waals surface area contributed by atoms with Gasteiger partial charge >= 0.3 is 6.18 Å². The molecule has 0 aliphatic rings. The second-order valence-electron chi connectivity index (χ2n) is 3.70. The maximum Gasteiger partial charge on any atom is 0.407 e. The minimum absolute atomic E-state index is 0.265. The largest absolute Gasteiger partial charge is 0.407 e. The molecule has 1 aromatic heterocycles. The Balaban J connectivity index is 2.64. The van der Waals surface area contributed by atoms with E-state index in [1.807, 2.05) is 0 Å². The van der Waals surface area contributed by atoms with Crippen LogP contribution in [0.4, 0.5) is 13.2 Å². The molecule has 1 atom stereocenters. The number of nitrogens with two attached hydrogens (primary N) is 1. The van der Waals surface area contributed by atoms with Crippen molar-refractivity contribution in [3.8, 4) is 0 Å². The highest BCUT2D eigenvalue weighted by atomic mass is 35.5. The van der Waals surface area contributed by atoms with Gasteiger partial charge in [0.15, 0.2) is 0 Å². The van der Waals surface area contributed by atoms with Gasteiger partial charge in [-0.15, -0.1) is 0 Å². The van der Waals surface area contributed by atoms with Crippen LogP contribution in [-0.2, 0) is 0 Å². The van der Waals surface area contributed by atoms with E-state index in [1.54, 1.807) is 18.2 Å². The van der Waals surface area contributed by atoms with Crippen molar-refractivity contribution in [1.82, 2.24) is 4.98 Å². The van der Waals surface area contributed by atoms with E-state index in [0.717, 1.165) is 0 Å². The van der Waals surface area contributed by atoms with Gasteiger partial charge in [0.05, 0.1) is 10.5 Å². The molecule has 2 rings (SSSR count). The maximum atomic E-state index is 12.6. The van der Waals surface area contributed by atoms with Crippen molar-refractivity contribution in [1.29, 1.82) is 0 Å². The summed E-state index contributed by atoms with van der Waals surface area (Å²) < 4.78 is 37.7. The molecule has 0 fully saturated rings. The second-order valence-corrected chi connectivity index (χ2v) is 4.46. The van der Waals surface area contributed by atoms with Gasteiger partial charge in [-0.2, -0.15) is 13.2 Å². The highest BCUT2D eigenvalue weighted by molar-refractivity contribution is 6.35. The molecular weight excluding hydrogens is 288 g/mol. The van der Waals surface area contributed by atoms with Crippen molar-refractivity contribution in [2.45, 2.75) is 12.2 Å². The van der Waals surface area contributed by atoms with Crippen LogP contribution in [0.2, 0.25) is 10.2 Å². The van der Waals surface area contributed by atoms with Crippen molar-refractivity contribution < 1.29 is 13.2 Å². The number of hydrogen-bond donors (Lipinski definition) is 1. The standard InChI is InChI=1S/C11H7Cl2F3N2/c12-7-3-1-2-5-4-6(9(17)11(14,15)16)10(13)18-8(5)7/h1-4,9H,17H2/t9-/m1/s1. The second kappa shape index (κ2) is 4.57. The fourth-order valence-corrected chi connectivity index (χ4v) is 2.03. The van der Waals surface area contributed by atoms with Crippen LogP contribution in [0.3, 0.4) is 0 Å². The van der Waals surface area contributed by atoms with E-state index in [4.69, 9.17) is 28.9 Å². The first-order valence-electron chi connectivity index (χ1n) is 4.87. The fourth-order valence-electron chi connectivity index (χ4n) is 1.55. The molecule has 7 heteroatoms. The first-order chi connectivity index (χ1) is 8.30. The van der Waals surface area contributed by atoms with Gasteiger partial charge in [-0.05, 0) is 12.1 Å². The lowest BCUT2D eigenvalue weighted by Gasteiger charge is -2.17. The van der Waals surface area contributed by atoms with Gasteiger partial charge in [-0.25, -0.2) is 4.98 Å². The van der Waals surface area contributed by atoms with E-state index in [2.05, 4.69) is 4.98 Å². The van der Waals surface area contributed by atoms with Gasteiger partial charge in [0.1, 0.15) is 11.2 Å². The van der Waals surface area contributed by atoms with Gasteiger partial charge in [0, 0.05) is 10.9 Å². The Bertz CT molecular complexity index is 599. The molecule has 1 heterocycles.